The molecule has 0 heterocycles. The molecule has 0 saturated carbocycles. The van der Waals surface area contributed by atoms with Crippen LogP contribution >= 0.6 is 11.6 Å². The fraction of sp³-hybridized carbons (Fsp3) is 0.300. The minimum absolute atomic E-state index is 0.127. The topological polar surface area (TPSA) is 70.7 Å². The highest BCUT2D eigenvalue weighted by Gasteiger charge is 2.11. The maximum atomic E-state index is 12.2. The number of likely N-dealkylation sites (N-methyl/N-ethyl adjacent to an activating group) is 1. The highest BCUT2D eigenvalue weighted by atomic mass is 35.5. The molecule has 0 aliphatic rings. The summed E-state index contributed by atoms with van der Waals surface area (Å²) in [6, 6.07) is 12.6. The zero-order chi connectivity index (χ0) is 19.8. The minimum Gasteiger partial charge on any atom is -0.495 e. The van der Waals surface area contributed by atoms with Crippen LogP contribution < -0.4 is 15.4 Å². The molecule has 0 aromatic heterocycles. The van der Waals surface area contributed by atoms with Gasteiger partial charge in [0.05, 0.1) is 19.3 Å². The lowest BCUT2D eigenvalue weighted by Gasteiger charge is -2.16. The van der Waals surface area contributed by atoms with Gasteiger partial charge in [0, 0.05) is 23.7 Å². The number of nitrogens with zero attached hydrogens (tertiary/aromatic N) is 1. The Morgan fingerprint density at radius 1 is 1.07 bits per heavy atom. The van der Waals surface area contributed by atoms with E-state index in [0.29, 0.717) is 23.0 Å². The molecular formula is C20H24ClN3O3. The zero-order valence-corrected chi connectivity index (χ0v) is 16.5. The Hall–Kier alpha value is -2.57. The number of carbonyl (C=O) groups excluding carboxylic acids is 2. The van der Waals surface area contributed by atoms with E-state index >= 15 is 0 Å². The SMILES string of the molecule is COc1ccc(Cl)cc1NC(=O)CCN(C)CC(=O)Nc1ccc(C)cc1. The summed E-state index contributed by atoms with van der Waals surface area (Å²) in [6.07, 6.45) is 0.240. The number of rotatable bonds is 8. The van der Waals surface area contributed by atoms with Crippen LogP contribution in [0.4, 0.5) is 11.4 Å². The summed E-state index contributed by atoms with van der Waals surface area (Å²) >= 11 is 5.96. The van der Waals surface area contributed by atoms with Gasteiger partial charge in [0.15, 0.2) is 0 Å². The van der Waals surface area contributed by atoms with Gasteiger partial charge in [-0.1, -0.05) is 29.3 Å². The van der Waals surface area contributed by atoms with Crippen molar-refractivity contribution in [3.05, 3.63) is 53.1 Å². The van der Waals surface area contributed by atoms with Gasteiger partial charge < -0.3 is 15.4 Å². The number of carbonyl (C=O) groups is 2. The summed E-state index contributed by atoms with van der Waals surface area (Å²) in [6.45, 7) is 2.63. The molecule has 6 nitrogen and oxygen atoms in total. The van der Waals surface area contributed by atoms with Crippen LogP contribution in [0.15, 0.2) is 42.5 Å². The minimum atomic E-state index is -0.179. The summed E-state index contributed by atoms with van der Waals surface area (Å²) < 4.78 is 5.21. The van der Waals surface area contributed by atoms with Crippen molar-refractivity contribution in [2.24, 2.45) is 0 Å². The zero-order valence-electron chi connectivity index (χ0n) is 15.7. The third-order valence-corrected chi connectivity index (χ3v) is 4.14. The second-order valence-electron chi connectivity index (χ2n) is 6.29. The number of hydrogen-bond acceptors (Lipinski definition) is 4. The number of hydrogen-bond donors (Lipinski definition) is 2. The van der Waals surface area contributed by atoms with Crippen LogP contribution in [0.5, 0.6) is 5.75 Å². The van der Waals surface area contributed by atoms with E-state index in [0.717, 1.165) is 11.3 Å². The van der Waals surface area contributed by atoms with Crippen molar-refractivity contribution in [1.29, 1.82) is 0 Å². The van der Waals surface area contributed by atoms with Crippen molar-refractivity contribution in [3.63, 3.8) is 0 Å². The lowest BCUT2D eigenvalue weighted by molar-refractivity contribution is -0.119. The predicted octanol–water partition coefficient (Wildman–Crippen LogP) is 3.56. The number of aryl methyl sites for hydroxylation is 1. The molecule has 27 heavy (non-hydrogen) atoms. The van der Waals surface area contributed by atoms with Crippen LogP contribution in [0.25, 0.3) is 0 Å². The molecule has 7 heteroatoms. The summed E-state index contributed by atoms with van der Waals surface area (Å²) in [7, 11) is 3.32. The van der Waals surface area contributed by atoms with E-state index in [1.807, 2.05) is 31.2 Å². The molecule has 2 rings (SSSR count). The molecule has 2 amide bonds. The van der Waals surface area contributed by atoms with Gasteiger partial charge in [-0.3, -0.25) is 14.5 Å². The standard InChI is InChI=1S/C20H24ClN3O3/c1-14-4-7-16(8-5-14)22-20(26)13-24(2)11-10-19(25)23-17-12-15(21)6-9-18(17)27-3/h4-9,12H,10-11,13H2,1-3H3,(H,22,26)(H,23,25). The highest BCUT2D eigenvalue weighted by Crippen LogP contribution is 2.27. The van der Waals surface area contributed by atoms with Gasteiger partial charge in [0.25, 0.3) is 0 Å². The van der Waals surface area contributed by atoms with Gasteiger partial charge in [-0.25, -0.2) is 0 Å². The van der Waals surface area contributed by atoms with Crippen molar-refractivity contribution in [2.75, 3.05) is 37.9 Å². The monoisotopic (exact) mass is 389 g/mol. The molecule has 0 radical (unpaired) electrons. The van der Waals surface area contributed by atoms with Gasteiger partial charge in [0.1, 0.15) is 5.75 Å². The number of amides is 2. The number of halogens is 1. The first-order valence-corrected chi connectivity index (χ1v) is 8.93. The number of nitrogens with one attached hydrogen (secondary N) is 2. The highest BCUT2D eigenvalue weighted by molar-refractivity contribution is 6.31. The Morgan fingerprint density at radius 3 is 2.44 bits per heavy atom. The van der Waals surface area contributed by atoms with E-state index < -0.39 is 0 Å². The van der Waals surface area contributed by atoms with Gasteiger partial charge in [-0.05, 0) is 44.3 Å². The maximum Gasteiger partial charge on any atom is 0.238 e. The van der Waals surface area contributed by atoms with E-state index in [9.17, 15) is 9.59 Å². The van der Waals surface area contributed by atoms with Crippen molar-refractivity contribution < 1.29 is 14.3 Å². The fourth-order valence-electron chi connectivity index (χ4n) is 2.44. The second-order valence-corrected chi connectivity index (χ2v) is 6.73. The molecule has 0 aliphatic heterocycles. The van der Waals surface area contributed by atoms with Crippen molar-refractivity contribution in [3.8, 4) is 5.75 Å². The van der Waals surface area contributed by atoms with Gasteiger partial charge in [0.2, 0.25) is 11.8 Å². The quantitative estimate of drug-likeness (QED) is 0.724. The van der Waals surface area contributed by atoms with Crippen LogP contribution in [0.3, 0.4) is 0 Å². The molecule has 0 saturated heterocycles. The molecule has 144 valence electrons. The van der Waals surface area contributed by atoms with E-state index in [4.69, 9.17) is 16.3 Å². The summed E-state index contributed by atoms with van der Waals surface area (Å²) in [5.41, 5.74) is 2.41. The van der Waals surface area contributed by atoms with Crippen LogP contribution in [0, 0.1) is 6.92 Å². The summed E-state index contributed by atoms with van der Waals surface area (Å²) in [4.78, 5) is 26.0. The first-order chi connectivity index (χ1) is 12.9. The number of methoxy groups -OCH3 is 1. The average molecular weight is 390 g/mol. The molecule has 0 spiro atoms. The van der Waals surface area contributed by atoms with E-state index in [-0.39, 0.29) is 24.8 Å². The molecule has 2 aromatic carbocycles. The lowest BCUT2D eigenvalue weighted by atomic mass is 10.2. The smallest absolute Gasteiger partial charge is 0.238 e. The number of anilines is 2. The molecule has 0 fully saturated rings. The van der Waals surface area contributed by atoms with Gasteiger partial charge in [-0.2, -0.15) is 0 Å². The van der Waals surface area contributed by atoms with Gasteiger partial charge >= 0.3 is 0 Å². The first kappa shape index (κ1) is 20.7. The summed E-state index contributed by atoms with van der Waals surface area (Å²) in [5.74, 6) is 0.234. The van der Waals surface area contributed by atoms with Crippen molar-refractivity contribution in [2.45, 2.75) is 13.3 Å². The molecule has 2 aromatic rings. The molecule has 0 bridgehead atoms. The van der Waals surface area contributed by atoms with E-state index in [1.165, 1.54) is 7.11 Å². The normalized spacial score (nSPS) is 10.6. The molecule has 2 N–H and O–H groups in total. The third-order valence-electron chi connectivity index (χ3n) is 3.91. The molecular weight excluding hydrogens is 366 g/mol. The Bertz CT molecular complexity index is 794. The Morgan fingerprint density at radius 2 is 1.78 bits per heavy atom. The van der Waals surface area contributed by atoms with Crippen molar-refractivity contribution >= 4 is 34.8 Å². The van der Waals surface area contributed by atoms with Gasteiger partial charge in [-0.15, -0.1) is 0 Å². The Balaban J connectivity index is 1.78. The maximum absolute atomic E-state index is 12.2. The fourth-order valence-corrected chi connectivity index (χ4v) is 2.62. The average Bonchev–Trinajstić information content (AvgIpc) is 2.62. The van der Waals surface area contributed by atoms with E-state index in [2.05, 4.69) is 10.6 Å². The lowest BCUT2D eigenvalue weighted by Crippen LogP contribution is -2.32. The largest absolute Gasteiger partial charge is 0.495 e. The third kappa shape index (κ3) is 6.92. The van der Waals surface area contributed by atoms with Crippen LogP contribution in [-0.4, -0.2) is 44.0 Å². The molecule has 0 unspecified atom stereocenters. The Kier molecular flexibility index (Phi) is 7.64. The van der Waals surface area contributed by atoms with Crippen LogP contribution in [0.2, 0.25) is 5.02 Å². The van der Waals surface area contributed by atoms with Crippen molar-refractivity contribution in [1.82, 2.24) is 4.90 Å². The number of ether oxygens (including phenoxy) is 1. The Labute approximate surface area is 164 Å². The van der Waals surface area contributed by atoms with Crippen LogP contribution in [0.1, 0.15) is 12.0 Å². The van der Waals surface area contributed by atoms with E-state index in [1.54, 1.807) is 30.1 Å². The number of benzene rings is 2. The summed E-state index contributed by atoms with van der Waals surface area (Å²) in [5, 5.41) is 6.13. The molecule has 0 aliphatic carbocycles. The predicted molar refractivity (Wildman–Crippen MR) is 109 cm³/mol. The second kappa shape index (κ2) is 9.94. The first-order valence-electron chi connectivity index (χ1n) is 8.56. The molecule has 0 atom stereocenters. The van der Waals surface area contributed by atoms with Crippen LogP contribution in [-0.2, 0) is 9.59 Å².